The minimum atomic E-state index is -0.923. The highest BCUT2D eigenvalue weighted by atomic mass is 16.5. The quantitative estimate of drug-likeness (QED) is 0.824. The zero-order chi connectivity index (χ0) is 17.5. The second-order valence-corrected chi connectivity index (χ2v) is 5.33. The predicted octanol–water partition coefficient (Wildman–Crippen LogP) is 3.58. The summed E-state index contributed by atoms with van der Waals surface area (Å²) in [5, 5.41) is 2.72. The fourth-order valence-electron chi connectivity index (χ4n) is 2.06. The lowest BCUT2D eigenvalue weighted by Gasteiger charge is -2.15. The number of rotatable bonds is 6. The van der Waals surface area contributed by atoms with Crippen LogP contribution < -0.4 is 10.1 Å². The second-order valence-electron chi connectivity index (χ2n) is 5.33. The first-order valence-corrected chi connectivity index (χ1v) is 7.81. The van der Waals surface area contributed by atoms with E-state index in [4.69, 9.17) is 9.47 Å². The van der Waals surface area contributed by atoms with Gasteiger partial charge in [0.1, 0.15) is 5.75 Å². The fourth-order valence-corrected chi connectivity index (χ4v) is 2.06. The summed E-state index contributed by atoms with van der Waals surface area (Å²) in [7, 11) is 0. The smallest absolute Gasteiger partial charge is 0.338 e. The molecule has 1 atom stereocenters. The molecule has 0 aliphatic carbocycles. The first-order valence-electron chi connectivity index (χ1n) is 7.81. The molecular weight excluding hydrogens is 306 g/mol. The summed E-state index contributed by atoms with van der Waals surface area (Å²) < 4.78 is 10.7. The van der Waals surface area contributed by atoms with Gasteiger partial charge in [-0.3, -0.25) is 4.79 Å². The number of hydrogen-bond donors (Lipinski definition) is 1. The topological polar surface area (TPSA) is 64.6 Å². The van der Waals surface area contributed by atoms with Gasteiger partial charge in [-0.2, -0.15) is 0 Å². The van der Waals surface area contributed by atoms with Gasteiger partial charge in [0.15, 0.2) is 6.10 Å². The molecule has 5 heteroatoms. The van der Waals surface area contributed by atoms with Crippen molar-refractivity contribution in [3.05, 3.63) is 59.7 Å². The predicted molar refractivity (Wildman–Crippen MR) is 92.3 cm³/mol. The van der Waals surface area contributed by atoms with E-state index in [1.54, 1.807) is 30.3 Å². The summed E-state index contributed by atoms with van der Waals surface area (Å²) in [6.45, 7) is 5.82. The Hall–Kier alpha value is -2.82. The summed E-state index contributed by atoms with van der Waals surface area (Å²) in [5.41, 5.74) is 2.00. The molecule has 0 aromatic heterocycles. The molecule has 1 N–H and O–H groups in total. The Bertz CT molecular complexity index is 710. The van der Waals surface area contributed by atoms with E-state index in [-0.39, 0.29) is 0 Å². The van der Waals surface area contributed by atoms with E-state index in [9.17, 15) is 9.59 Å². The van der Waals surface area contributed by atoms with Crippen molar-refractivity contribution >= 4 is 17.6 Å². The Morgan fingerprint density at radius 3 is 2.42 bits per heavy atom. The first-order chi connectivity index (χ1) is 11.5. The molecule has 0 saturated heterocycles. The molecule has 2 aromatic carbocycles. The molecule has 0 spiro atoms. The van der Waals surface area contributed by atoms with Gasteiger partial charge in [0.2, 0.25) is 0 Å². The van der Waals surface area contributed by atoms with Crippen LogP contribution in [0.25, 0.3) is 0 Å². The molecule has 0 fully saturated rings. The lowest BCUT2D eigenvalue weighted by molar-refractivity contribution is -0.123. The number of nitrogens with one attached hydrogen (secondary N) is 1. The maximum absolute atomic E-state index is 12.2. The van der Waals surface area contributed by atoms with Crippen molar-refractivity contribution in [2.75, 3.05) is 11.9 Å². The van der Waals surface area contributed by atoms with Crippen LogP contribution >= 0.6 is 0 Å². The molecule has 2 rings (SSSR count). The van der Waals surface area contributed by atoms with E-state index in [1.165, 1.54) is 6.92 Å². The molecule has 24 heavy (non-hydrogen) atoms. The van der Waals surface area contributed by atoms with E-state index in [0.29, 0.717) is 23.6 Å². The number of para-hydroxylation sites is 2. The molecule has 0 radical (unpaired) electrons. The van der Waals surface area contributed by atoms with Crippen molar-refractivity contribution in [1.82, 2.24) is 0 Å². The van der Waals surface area contributed by atoms with Crippen LogP contribution in [0.1, 0.15) is 29.8 Å². The van der Waals surface area contributed by atoms with Gasteiger partial charge in [0.05, 0.1) is 17.9 Å². The molecule has 0 saturated carbocycles. The number of ether oxygens (including phenoxy) is 2. The summed E-state index contributed by atoms with van der Waals surface area (Å²) in [6.07, 6.45) is -0.923. The minimum Gasteiger partial charge on any atom is -0.492 e. The SMILES string of the molecule is CCOc1ccccc1NC(=O)[C@@H](C)OC(=O)c1ccc(C)cc1. The monoisotopic (exact) mass is 327 g/mol. The van der Waals surface area contributed by atoms with Gasteiger partial charge < -0.3 is 14.8 Å². The summed E-state index contributed by atoms with van der Waals surface area (Å²) >= 11 is 0. The van der Waals surface area contributed by atoms with Crippen molar-refractivity contribution in [3.63, 3.8) is 0 Å². The standard InChI is InChI=1S/C19H21NO4/c1-4-23-17-8-6-5-7-16(17)20-18(21)14(3)24-19(22)15-11-9-13(2)10-12-15/h5-12,14H,4H2,1-3H3,(H,20,21)/t14-/m1/s1. The van der Waals surface area contributed by atoms with Crippen LogP contribution in [0.5, 0.6) is 5.75 Å². The van der Waals surface area contributed by atoms with Gasteiger partial charge in [-0.05, 0) is 45.0 Å². The van der Waals surface area contributed by atoms with Gasteiger partial charge in [-0.1, -0.05) is 29.8 Å². The van der Waals surface area contributed by atoms with E-state index in [0.717, 1.165) is 5.56 Å². The molecular formula is C19H21NO4. The number of hydrogen-bond acceptors (Lipinski definition) is 4. The Morgan fingerprint density at radius 2 is 1.75 bits per heavy atom. The highest BCUT2D eigenvalue weighted by Crippen LogP contribution is 2.24. The van der Waals surface area contributed by atoms with Crippen molar-refractivity contribution in [1.29, 1.82) is 0 Å². The molecule has 0 aliphatic heterocycles. The Labute approximate surface area is 141 Å². The molecule has 0 aliphatic rings. The van der Waals surface area contributed by atoms with Crippen molar-refractivity contribution in [2.45, 2.75) is 26.9 Å². The first kappa shape index (κ1) is 17.5. The summed E-state index contributed by atoms with van der Waals surface area (Å²) in [4.78, 5) is 24.3. The average Bonchev–Trinajstić information content (AvgIpc) is 2.57. The normalized spacial score (nSPS) is 11.5. The van der Waals surface area contributed by atoms with E-state index >= 15 is 0 Å². The minimum absolute atomic E-state index is 0.412. The lowest BCUT2D eigenvalue weighted by Crippen LogP contribution is -2.30. The number of esters is 1. The Morgan fingerprint density at radius 1 is 1.08 bits per heavy atom. The Balaban J connectivity index is 1.99. The number of amides is 1. The van der Waals surface area contributed by atoms with Crippen LogP contribution in [0.2, 0.25) is 0 Å². The number of aryl methyl sites for hydroxylation is 1. The van der Waals surface area contributed by atoms with E-state index in [2.05, 4.69) is 5.32 Å². The molecule has 0 bridgehead atoms. The summed E-state index contributed by atoms with van der Waals surface area (Å²) in [5.74, 6) is -0.372. The second kappa shape index (κ2) is 8.15. The maximum atomic E-state index is 12.2. The van der Waals surface area contributed by atoms with E-state index in [1.807, 2.05) is 32.0 Å². The highest BCUT2D eigenvalue weighted by Gasteiger charge is 2.20. The molecule has 0 unspecified atom stereocenters. The van der Waals surface area contributed by atoms with Crippen molar-refractivity contribution in [3.8, 4) is 5.75 Å². The van der Waals surface area contributed by atoms with Crippen LogP contribution in [-0.4, -0.2) is 24.6 Å². The van der Waals surface area contributed by atoms with Gasteiger partial charge in [-0.25, -0.2) is 4.79 Å². The van der Waals surface area contributed by atoms with Gasteiger partial charge in [-0.15, -0.1) is 0 Å². The molecule has 5 nitrogen and oxygen atoms in total. The zero-order valence-electron chi connectivity index (χ0n) is 14.0. The number of carbonyl (C=O) groups excluding carboxylic acids is 2. The Kier molecular flexibility index (Phi) is 5.95. The third kappa shape index (κ3) is 4.59. The lowest BCUT2D eigenvalue weighted by atomic mass is 10.1. The fraction of sp³-hybridized carbons (Fsp3) is 0.263. The van der Waals surface area contributed by atoms with Gasteiger partial charge in [0.25, 0.3) is 5.91 Å². The molecule has 2 aromatic rings. The van der Waals surface area contributed by atoms with Crippen molar-refractivity contribution in [2.24, 2.45) is 0 Å². The van der Waals surface area contributed by atoms with Crippen LogP contribution in [0, 0.1) is 6.92 Å². The third-order valence-electron chi connectivity index (χ3n) is 3.39. The molecule has 0 heterocycles. The van der Waals surface area contributed by atoms with E-state index < -0.39 is 18.0 Å². The zero-order valence-corrected chi connectivity index (χ0v) is 14.0. The van der Waals surface area contributed by atoms with Crippen LogP contribution in [0.4, 0.5) is 5.69 Å². The van der Waals surface area contributed by atoms with Gasteiger partial charge >= 0.3 is 5.97 Å². The third-order valence-corrected chi connectivity index (χ3v) is 3.39. The molecule has 126 valence electrons. The molecule has 1 amide bonds. The average molecular weight is 327 g/mol. The maximum Gasteiger partial charge on any atom is 0.338 e. The number of anilines is 1. The highest BCUT2D eigenvalue weighted by molar-refractivity contribution is 5.98. The van der Waals surface area contributed by atoms with Crippen LogP contribution in [0.15, 0.2) is 48.5 Å². The number of carbonyl (C=O) groups is 2. The van der Waals surface area contributed by atoms with Gasteiger partial charge in [0, 0.05) is 0 Å². The summed E-state index contributed by atoms with van der Waals surface area (Å²) in [6, 6.07) is 14.1. The van der Waals surface area contributed by atoms with Crippen LogP contribution in [-0.2, 0) is 9.53 Å². The van der Waals surface area contributed by atoms with Crippen molar-refractivity contribution < 1.29 is 19.1 Å². The largest absolute Gasteiger partial charge is 0.492 e. The number of benzene rings is 2. The van der Waals surface area contributed by atoms with Crippen LogP contribution in [0.3, 0.4) is 0 Å².